The van der Waals surface area contributed by atoms with Crippen LogP contribution in [0.2, 0.25) is 5.02 Å². The highest BCUT2D eigenvalue weighted by Gasteiger charge is 2.14. The average Bonchev–Trinajstić information content (AvgIpc) is 2.62. The summed E-state index contributed by atoms with van der Waals surface area (Å²) in [6, 6.07) is 7.94. The Bertz CT molecular complexity index is 534. The van der Waals surface area contributed by atoms with Gasteiger partial charge in [0.05, 0.1) is 14.9 Å². The van der Waals surface area contributed by atoms with Crippen LogP contribution >= 0.6 is 54.8 Å². The molecule has 0 aliphatic rings. The summed E-state index contributed by atoms with van der Waals surface area (Å²) < 4.78 is 2.00. The molecule has 2 aromatic rings. The summed E-state index contributed by atoms with van der Waals surface area (Å²) in [5, 5.41) is 0.714. The molecule has 1 unspecified atom stereocenters. The molecule has 2 N–H and O–H groups in total. The van der Waals surface area contributed by atoms with E-state index in [1.807, 2.05) is 12.1 Å². The van der Waals surface area contributed by atoms with Gasteiger partial charge in [-0.05, 0) is 46.1 Å². The summed E-state index contributed by atoms with van der Waals surface area (Å²) in [5.74, 6) is 0. The third-order valence-corrected chi connectivity index (χ3v) is 5.94. The van der Waals surface area contributed by atoms with Crippen molar-refractivity contribution in [3.05, 3.63) is 53.6 Å². The lowest BCUT2D eigenvalue weighted by molar-refractivity contribution is 0.891. The van der Waals surface area contributed by atoms with Crippen LogP contribution in [0.15, 0.2) is 32.5 Å². The highest BCUT2D eigenvalue weighted by atomic mass is 79.9. The maximum Gasteiger partial charge on any atom is 0.0888 e. The summed E-state index contributed by atoms with van der Waals surface area (Å²) in [4.78, 5) is 1.05. The van der Waals surface area contributed by atoms with Crippen LogP contribution in [0.4, 0.5) is 0 Å². The minimum Gasteiger partial charge on any atom is -0.320 e. The van der Waals surface area contributed by atoms with Crippen LogP contribution in [0.25, 0.3) is 0 Å². The lowest BCUT2D eigenvalue weighted by atomic mass is 10.0. The highest BCUT2D eigenvalue weighted by Crippen LogP contribution is 2.37. The molecule has 0 radical (unpaired) electrons. The van der Waals surface area contributed by atoms with Crippen molar-refractivity contribution in [1.82, 2.24) is 0 Å². The predicted molar refractivity (Wildman–Crippen MR) is 81.9 cm³/mol. The molecular formula is C12H10Br2ClNS. The van der Waals surface area contributed by atoms with E-state index in [0.29, 0.717) is 5.02 Å². The van der Waals surface area contributed by atoms with E-state index in [1.54, 1.807) is 11.3 Å². The second kappa shape index (κ2) is 5.41. The Morgan fingerprint density at radius 2 is 2.00 bits per heavy atom. The van der Waals surface area contributed by atoms with Crippen LogP contribution in [0.1, 0.15) is 22.0 Å². The van der Waals surface area contributed by atoms with Crippen molar-refractivity contribution in [2.45, 2.75) is 13.0 Å². The maximum absolute atomic E-state index is 6.23. The fourth-order valence-corrected chi connectivity index (χ4v) is 3.66. The molecule has 0 bridgehead atoms. The molecule has 1 atom stereocenters. The van der Waals surface area contributed by atoms with Gasteiger partial charge in [-0.3, -0.25) is 0 Å². The molecule has 1 nitrogen and oxygen atoms in total. The first-order valence-corrected chi connectivity index (χ1v) is 7.73. The fourth-order valence-electron chi connectivity index (χ4n) is 1.48. The minimum absolute atomic E-state index is 0.138. The van der Waals surface area contributed by atoms with E-state index in [4.69, 9.17) is 17.3 Å². The SMILES string of the molecule is Cc1ccc(C(N)c2cc(Cl)c(Br)s2)cc1Br. The molecule has 0 saturated heterocycles. The molecule has 0 spiro atoms. The molecular weight excluding hydrogens is 385 g/mol. The summed E-state index contributed by atoms with van der Waals surface area (Å²) in [5.41, 5.74) is 8.50. The van der Waals surface area contributed by atoms with Crippen LogP contribution < -0.4 is 5.73 Å². The number of aryl methyl sites for hydroxylation is 1. The Morgan fingerprint density at radius 3 is 2.53 bits per heavy atom. The van der Waals surface area contributed by atoms with Gasteiger partial charge in [-0.2, -0.15) is 0 Å². The first-order valence-electron chi connectivity index (χ1n) is 4.95. The first-order chi connectivity index (χ1) is 7.99. The van der Waals surface area contributed by atoms with E-state index < -0.39 is 0 Å². The molecule has 1 aromatic carbocycles. The monoisotopic (exact) mass is 393 g/mol. The topological polar surface area (TPSA) is 26.0 Å². The van der Waals surface area contributed by atoms with Gasteiger partial charge in [0, 0.05) is 9.35 Å². The van der Waals surface area contributed by atoms with Gasteiger partial charge in [-0.15, -0.1) is 11.3 Å². The summed E-state index contributed by atoms with van der Waals surface area (Å²) in [6.07, 6.45) is 0. The average molecular weight is 396 g/mol. The molecule has 0 aliphatic carbocycles. The van der Waals surface area contributed by atoms with Gasteiger partial charge in [-0.1, -0.05) is 39.7 Å². The van der Waals surface area contributed by atoms with Crippen molar-refractivity contribution >= 4 is 54.8 Å². The highest BCUT2D eigenvalue weighted by molar-refractivity contribution is 9.11. The molecule has 1 aromatic heterocycles. The Hall–Kier alpha value is 0.130. The minimum atomic E-state index is -0.138. The number of hydrogen-bond acceptors (Lipinski definition) is 2. The number of hydrogen-bond donors (Lipinski definition) is 1. The smallest absolute Gasteiger partial charge is 0.0888 e. The standard InChI is InChI=1S/C12H10Br2ClNS/c1-6-2-3-7(4-8(6)13)11(16)10-5-9(15)12(14)17-10/h2-5,11H,16H2,1H3. The van der Waals surface area contributed by atoms with Gasteiger partial charge >= 0.3 is 0 Å². The van der Waals surface area contributed by atoms with Crippen LogP contribution in [-0.2, 0) is 0 Å². The molecule has 1 heterocycles. The third-order valence-electron chi connectivity index (χ3n) is 2.53. The second-order valence-electron chi connectivity index (χ2n) is 3.76. The van der Waals surface area contributed by atoms with Crippen LogP contribution in [0, 0.1) is 6.92 Å². The molecule has 0 saturated carbocycles. The van der Waals surface area contributed by atoms with Gasteiger partial charge in [0.25, 0.3) is 0 Å². The summed E-state index contributed by atoms with van der Waals surface area (Å²) in [6.45, 7) is 2.05. The van der Waals surface area contributed by atoms with Crippen molar-refractivity contribution in [3.63, 3.8) is 0 Å². The molecule has 90 valence electrons. The van der Waals surface area contributed by atoms with Gasteiger partial charge in [0.2, 0.25) is 0 Å². The van der Waals surface area contributed by atoms with Gasteiger partial charge in [-0.25, -0.2) is 0 Å². The summed E-state index contributed by atoms with van der Waals surface area (Å²) in [7, 11) is 0. The van der Waals surface area contributed by atoms with Crippen molar-refractivity contribution in [3.8, 4) is 0 Å². The Kier molecular flexibility index (Phi) is 4.31. The normalized spacial score (nSPS) is 12.8. The van der Waals surface area contributed by atoms with Crippen LogP contribution in [0.5, 0.6) is 0 Å². The molecule has 0 amide bonds. The zero-order chi connectivity index (χ0) is 12.6. The number of benzene rings is 1. The second-order valence-corrected chi connectivity index (χ2v) is 7.42. The van der Waals surface area contributed by atoms with Crippen LogP contribution in [0.3, 0.4) is 0 Å². The first kappa shape index (κ1) is 13.6. The number of halogens is 3. The molecule has 2 rings (SSSR count). The van der Waals surface area contributed by atoms with Crippen molar-refractivity contribution in [2.75, 3.05) is 0 Å². The maximum atomic E-state index is 6.23. The molecule has 0 fully saturated rings. The fraction of sp³-hybridized carbons (Fsp3) is 0.167. The van der Waals surface area contributed by atoms with Gasteiger partial charge in [0.1, 0.15) is 0 Å². The lowest BCUT2D eigenvalue weighted by Gasteiger charge is -2.11. The van der Waals surface area contributed by atoms with Gasteiger partial charge < -0.3 is 5.73 Å². The number of nitrogens with two attached hydrogens (primary N) is 1. The van der Waals surface area contributed by atoms with E-state index in [9.17, 15) is 0 Å². The molecule has 0 aliphatic heterocycles. The third kappa shape index (κ3) is 2.93. The van der Waals surface area contributed by atoms with Crippen molar-refractivity contribution in [2.24, 2.45) is 5.73 Å². The lowest BCUT2D eigenvalue weighted by Crippen LogP contribution is -2.10. The Balaban J connectivity index is 2.36. The largest absolute Gasteiger partial charge is 0.320 e. The van der Waals surface area contributed by atoms with Crippen molar-refractivity contribution < 1.29 is 0 Å². The predicted octanol–water partition coefficient (Wildman–Crippen LogP) is 5.28. The Morgan fingerprint density at radius 1 is 1.29 bits per heavy atom. The van der Waals surface area contributed by atoms with Crippen LogP contribution in [-0.4, -0.2) is 0 Å². The zero-order valence-corrected chi connectivity index (χ0v) is 13.8. The van der Waals surface area contributed by atoms with E-state index in [1.165, 1.54) is 5.56 Å². The summed E-state index contributed by atoms with van der Waals surface area (Å²) >= 11 is 14.5. The van der Waals surface area contributed by atoms with E-state index >= 15 is 0 Å². The molecule has 5 heteroatoms. The van der Waals surface area contributed by atoms with Crippen molar-refractivity contribution in [1.29, 1.82) is 0 Å². The quantitative estimate of drug-likeness (QED) is 0.735. The van der Waals surface area contributed by atoms with Gasteiger partial charge in [0.15, 0.2) is 0 Å². The molecule has 17 heavy (non-hydrogen) atoms. The number of rotatable bonds is 2. The van der Waals surface area contributed by atoms with E-state index in [0.717, 1.165) is 18.7 Å². The number of thiophene rings is 1. The Labute approximate surface area is 126 Å². The van der Waals surface area contributed by atoms with E-state index in [-0.39, 0.29) is 6.04 Å². The van der Waals surface area contributed by atoms with E-state index in [2.05, 4.69) is 50.9 Å². The zero-order valence-electron chi connectivity index (χ0n) is 9.01.